The summed E-state index contributed by atoms with van der Waals surface area (Å²) in [5.74, 6) is -1.58. The van der Waals surface area contributed by atoms with Crippen LogP contribution in [0.2, 0.25) is 0 Å². The number of aliphatic hydroxyl groups excluding tert-OH is 1. The second kappa shape index (κ2) is 14.4. The molecule has 3 N–H and O–H groups in total. The van der Waals surface area contributed by atoms with E-state index in [-0.39, 0.29) is 36.8 Å². The average Bonchev–Trinajstić information content (AvgIpc) is 2.99. The summed E-state index contributed by atoms with van der Waals surface area (Å²) in [7, 11) is 0. The van der Waals surface area contributed by atoms with Crippen LogP contribution in [0.1, 0.15) is 65.8 Å². The molecule has 5 atom stereocenters. The van der Waals surface area contributed by atoms with Crippen LogP contribution in [0.3, 0.4) is 0 Å². The number of thioether (sulfide) groups is 1. The Kier molecular flexibility index (Phi) is 10.7. The number of hydrogen-bond acceptors (Lipinski definition) is 9. The number of aliphatic hydroxyl groups is 1. The Labute approximate surface area is 248 Å². The van der Waals surface area contributed by atoms with Crippen LogP contribution in [0.4, 0.5) is 0 Å². The van der Waals surface area contributed by atoms with E-state index in [1.54, 1.807) is 12.3 Å². The van der Waals surface area contributed by atoms with E-state index in [1.165, 1.54) is 31.7 Å². The van der Waals surface area contributed by atoms with Crippen LogP contribution in [-0.2, 0) is 37.0 Å². The zero-order valence-electron chi connectivity index (χ0n) is 23.6. The van der Waals surface area contributed by atoms with Gasteiger partial charge in [0, 0.05) is 36.9 Å². The maximum atomic E-state index is 12.2. The molecular weight excluding hydrogens is 560 g/mol. The van der Waals surface area contributed by atoms with E-state index < -0.39 is 30.2 Å². The van der Waals surface area contributed by atoms with Gasteiger partial charge in [0.15, 0.2) is 12.4 Å². The fourth-order valence-electron chi connectivity index (χ4n) is 4.57. The van der Waals surface area contributed by atoms with Gasteiger partial charge in [-0.05, 0) is 35.7 Å². The lowest BCUT2D eigenvalue weighted by atomic mass is 9.91. The normalized spacial score (nSPS) is 20.9. The highest BCUT2D eigenvalue weighted by atomic mass is 32.2. The third-order valence-electron chi connectivity index (χ3n) is 6.94. The summed E-state index contributed by atoms with van der Waals surface area (Å²) >= 11 is 1.33. The fourth-order valence-corrected chi connectivity index (χ4v) is 5.72. The van der Waals surface area contributed by atoms with Crippen molar-refractivity contribution in [2.75, 3.05) is 5.75 Å². The highest BCUT2D eigenvalue weighted by molar-refractivity contribution is 7.99. The number of aromatic carboxylic acids is 1. The molecule has 0 saturated carbocycles. The van der Waals surface area contributed by atoms with Crippen LogP contribution in [0.15, 0.2) is 71.9 Å². The predicted octanol–water partition coefficient (Wildman–Crippen LogP) is 4.42. The molecule has 2 heterocycles. The quantitative estimate of drug-likeness (QED) is 0.215. The standard InChI is InChI=1S/C31H34N2O8S/c1-18-26(17-42-29-25(30(37)38)5-4-14-32-29)40-31(41-27(18)23-10-8-22(16-34)9-11-23)24-12-6-21(7-13-24)15-33-28(36)19(2)39-20(3)35/h4-14,18-19,26-27,31,34H,15-17H2,1-3H3,(H,33,36)(H,37,38). The third-order valence-corrected chi connectivity index (χ3v) is 8.03. The topological polar surface area (TPSA) is 144 Å². The highest BCUT2D eigenvalue weighted by Crippen LogP contribution is 2.43. The number of amides is 1. The lowest BCUT2D eigenvalue weighted by molar-refractivity contribution is -0.268. The number of benzene rings is 2. The van der Waals surface area contributed by atoms with Crippen LogP contribution in [0.5, 0.6) is 0 Å². The Morgan fingerprint density at radius 2 is 1.69 bits per heavy atom. The number of pyridine rings is 1. The summed E-state index contributed by atoms with van der Waals surface area (Å²) in [6.07, 6.45) is -0.653. The van der Waals surface area contributed by atoms with Gasteiger partial charge in [-0.25, -0.2) is 9.78 Å². The molecule has 5 unspecified atom stereocenters. The minimum atomic E-state index is -1.04. The van der Waals surface area contributed by atoms with Crippen LogP contribution in [0, 0.1) is 5.92 Å². The molecule has 1 aliphatic heterocycles. The molecular formula is C31H34N2O8S. The van der Waals surface area contributed by atoms with Gasteiger partial charge in [0.25, 0.3) is 5.91 Å². The van der Waals surface area contributed by atoms with Crippen LogP contribution >= 0.6 is 11.8 Å². The van der Waals surface area contributed by atoms with Crippen molar-refractivity contribution < 1.29 is 38.8 Å². The molecule has 42 heavy (non-hydrogen) atoms. The first-order valence-corrected chi connectivity index (χ1v) is 14.5. The third kappa shape index (κ3) is 7.95. The maximum absolute atomic E-state index is 12.2. The van der Waals surface area contributed by atoms with Crippen molar-refractivity contribution in [3.63, 3.8) is 0 Å². The van der Waals surface area contributed by atoms with Gasteiger partial charge < -0.3 is 29.7 Å². The number of esters is 1. The molecule has 1 aromatic heterocycles. The van der Waals surface area contributed by atoms with Crippen LogP contribution in [-0.4, -0.2) is 51.0 Å². The van der Waals surface area contributed by atoms with Crippen LogP contribution in [0.25, 0.3) is 0 Å². The Bertz CT molecular complexity index is 1380. The van der Waals surface area contributed by atoms with Crippen molar-refractivity contribution in [1.82, 2.24) is 10.3 Å². The zero-order chi connectivity index (χ0) is 30.2. The number of hydrogen-bond donors (Lipinski definition) is 3. The number of carbonyl (C=O) groups is 3. The summed E-state index contributed by atoms with van der Waals surface area (Å²) in [4.78, 5) is 39.2. The Morgan fingerprint density at radius 3 is 2.33 bits per heavy atom. The molecule has 4 rings (SSSR count). The summed E-state index contributed by atoms with van der Waals surface area (Å²) in [6.45, 7) is 4.99. The largest absolute Gasteiger partial charge is 0.478 e. The lowest BCUT2D eigenvalue weighted by Crippen LogP contribution is -2.38. The Balaban J connectivity index is 1.51. The minimum Gasteiger partial charge on any atom is -0.478 e. The molecule has 10 nitrogen and oxygen atoms in total. The predicted molar refractivity (Wildman–Crippen MR) is 154 cm³/mol. The van der Waals surface area contributed by atoms with E-state index in [0.717, 1.165) is 22.3 Å². The van der Waals surface area contributed by atoms with Gasteiger partial charge in [-0.1, -0.05) is 55.5 Å². The molecule has 222 valence electrons. The fraction of sp³-hybridized carbons (Fsp3) is 0.355. The number of rotatable bonds is 11. The van der Waals surface area contributed by atoms with E-state index in [2.05, 4.69) is 10.3 Å². The molecule has 2 aromatic carbocycles. The van der Waals surface area contributed by atoms with Crippen molar-refractivity contribution in [2.24, 2.45) is 5.92 Å². The monoisotopic (exact) mass is 594 g/mol. The smallest absolute Gasteiger partial charge is 0.338 e. The Morgan fingerprint density at radius 1 is 1.02 bits per heavy atom. The molecule has 0 spiro atoms. The molecule has 1 saturated heterocycles. The maximum Gasteiger partial charge on any atom is 0.338 e. The first-order chi connectivity index (χ1) is 20.2. The van der Waals surface area contributed by atoms with Gasteiger partial charge in [-0.15, -0.1) is 11.8 Å². The van der Waals surface area contributed by atoms with Gasteiger partial charge in [-0.3, -0.25) is 9.59 Å². The van der Waals surface area contributed by atoms with Gasteiger partial charge in [0.2, 0.25) is 0 Å². The number of carboxylic acids is 1. The molecule has 1 aliphatic rings. The van der Waals surface area contributed by atoms with Gasteiger partial charge in [-0.2, -0.15) is 0 Å². The SMILES string of the molecule is CC(=O)OC(C)C(=O)NCc1ccc(C2OC(CSc3ncccc3C(=O)O)C(C)C(c3ccc(CO)cc3)O2)cc1. The van der Waals surface area contributed by atoms with Crippen molar-refractivity contribution in [3.8, 4) is 0 Å². The highest BCUT2D eigenvalue weighted by Gasteiger charge is 2.38. The summed E-state index contributed by atoms with van der Waals surface area (Å²) in [5.41, 5.74) is 3.49. The first-order valence-electron chi connectivity index (χ1n) is 13.5. The zero-order valence-corrected chi connectivity index (χ0v) is 24.4. The van der Waals surface area contributed by atoms with Crippen molar-refractivity contribution in [3.05, 3.63) is 94.7 Å². The average molecular weight is 595 g/mol. The van der Waals surface area contributed by atoms with Gasteiger partial charge in [0.05, 0.1) is 24.4 Å². The number of aromatic nitrogens is 1. The molecule has 0 aliphatic carbocycles. The number of carboxylic acid groups (broad SMARTS) is 1. The summed E-state index contributed by atoms with van der Waals surface area (Å²) in [6, 6.07) is 18.2. The van der Waals surface area contributed by atoms with E-state index in [1.807, 2.05) is 55.5 Å². The second-order valence-corrected chi connectivity index (χ2v) is 11.0. The van der Waals surface area contributed by atoms with Crippen molar-refractivity contribution >= 4 is 29.6 Å². The number of carbonyl (C=O) groups excluding carboxylic acids is 2. The summed E-state index contributed by atoms with van der Waals surface area (Å²) in [5, 5.41) is 22.2. The minimum absolute atomic E-state index is 0.0577. The van der Waals surface area contributed by atoms with Crippen molar-refractivity contribution in [2.45, 2.75) is 63.6 Å². The number of ether oxygens (including phenoxy) is 3. The molecule has 0 radical (unpaired) electrons. The number of nitrogens with zero attached hydrogens (tertiary/aromatic N) is 1. The first kappa shape index (κ1) is 31.2. The van der Waals surface area contributed by atoms with E-state index in [9.17, 15) is 24.6 Å². The van der Waals surface area contributed by atoms with Crippen LogP contribution < -0.4 is 5.32 Å². The van der Waals surface area contributed by atoms with E-state index in [4.69, 9.17) is 14.2 Å². The van der Waals surface area contributed by atoms with Crippen molar-refractivity contribution in [1.29, 1.82) is 0 Å². The van der Waals surface area contributed by atoms with Gasteiger partial charge in [0.1, 0.15) is 5.03 Å². The van der Waals surface area contributed by atoms with Gasteiger partial charge >= 0.3 is 11.9 Å². The molecule has 3 aromatic rings. The van der Waals surface area contributed by atoms with E-state index >= 15 is 0 Å². The Hall–Kier alpha value is -3.77. The molecule has 11 heteroatoms. The molecule has 0 bridgehead atoms. The summed E-state index contributed by atoms with van der Waals surface area (Å²) < 4.78 is 17.8. The molecule has 1 fully saturated rings. The van der Waals surface area contributed by atoms with E-state index in [0.29, 0.717) is 10.8 Å². The lowest BCUT2D eigenvalue weighted by Gasteiger charge is -2.41. The second-order valence-electron chi connectivity index (χ2n) is 10.0. The molecule has 1 amide bonds. The number of nitrogens with one attached hydrogen (secondary N) is 1.